The van der Waals surface area contributed by atoms with Gasteiger partial charge in [0, 0.05) is 11.6 Å². The second kappa shape index (κ2) is 6.06. The molecule has 0 bridgehead atoms. The van der Waals surface area contributed by atoms with Gasteiger partial charge in [-0.2, -0.15) is 5.26 Å². The van der Waals surface area contributed by atoms with E-state index in [1.165, 1.54) is 6.07 Å². The smallest absolute Gasteiger partial charge is 0.272 e. The van der Waals surface area contributed by atoms with Crippen molar-refractivity contribution in [2.75, 3.05) is 0 Å². The van der Waals surface area contributed by atoms with E-state index in [0.29, 0.717) is 16.9 Å². The molecular formula is C16H14N2O3. The SMILES string of the molecule is Cc1ccc(C#N)cc1OCc1cccc([N+](=O)[O-])c1C. The molecule has 2 rings (SSSR count). The second-order valence-corrected chi connectivity index (χ2v) is 4.70. The van der Waals surface area contributed by atoms with Gasteiger partial charge in [-0.3, -0.25) is 10.1 Å². The molecule has 21 heavy (non-hydrogen) atoms. The number of aryl methyl sites for hydroxylation is 1. The quantitative estimate of drug-likeness (QED) is 0.633. The molecule has 2 aromatic carbocycles. The van der Waals surface area contributed by atoms with Gasteiger partial charge < -0.3 is 4.74 Å². The number of hydrogen-bond acceptors (Lipinski definition) is 4. The Morgan fingerprint density at radius 1 is 1.29 bits per heavy atom. The van der Waals surface area contributed by atoms with Gasteiger partial charge in [0.15, 0.2) is 0 Å². The van der Waals surface area contributed by atoms with Gasteiger partial charge in [-0.1, -0.05) is 18.2 Å². The summed E-state index contributed by atoms with van der Waals surface area (Å²) in [5.41, 5.74) is 2.87. The van der Waals surface area contributed by atoms with Crippen LogP contribution in [0.4, 0.5) is 5.69 Å². The van der Waals surface area contributed by atoms with Crippen molar-refractivity contribution in [3.63, 3.8) is 0 Å². The number of ether oxygens (including phenoxy) is 1. The lowest BCUT2D eigenvalue weighted by Crippen LogP contribution is -2.02. The number of nitro groups is 1. The highest BCUT2D eigenvalue weighted by Gasteiger charge is 2.13. The Balaban J connectivity index is 2.23. The lowest BCUT2D eigenvalue weighted by molar-refractivity contribution is -0.385. The highest BCUT2D eigenvalue weighted by Crippen LogP contribution is 2.24. The fraction of sp³-hybridized carbons (Fsp3) is 0.188. The van der Waals surface area contributed by atoms with Crippen LogP contribution in [0.1, 0.15) is 22.3 Å². The van der Waals surface area contributed by atoms with Crippen molar-refractivity contribution in [3.05, 3.63) is 68.8 Å². The summed E-state index contributed by atoms with van der Waals surface area (Å²) in [6.07, 6.45) is 0. The first-order chi connectivity index (χ1) is 10.0. The maximum absolute atomic E-state index is 10.9. The van der Waals surface area contributed by atoms with Crippen LogP contribution in [-0.4, -0.2) is 4.92 Å². The van der Waals surface area contributed by atoms with E-state index in [4.69, 9.17) is 10.00 Å². The second-order valence-electron chi connectivity index (χ2n) is 4.70. The van der Waals surface area contributed by atoms with Gasteiger partial charge in [0.1, 0.15) is 12.4 Å². The van der Waals surface area contributed by atoms with Crippen LogP contribution in [0.2, 0.25) is 0 Å². The van der Waals surface area contributed by atoms with Crippen molar-refractivity contribution in [2.24, 2.45) is 0 Å². The number of nitrogens with zero attached hydrogens (tertiary/aromatic N) is 2. The Hall–Kier alpha value is -2.87. The van der Waals surface area contributed by atoms with Gasteiger partial charge in [-0.15, -0.1) is 0 Å². The molecule has 0 spiro atoms. The van der Waals surface area contributed by atoms with Crippen LogP contribution in [0.5, 0.6) is 5.75 Å². The molecule has 0 aromatic heterocycles. The van der Waals surface area contributed by atoms with E-state index in [-0.39, 0.29) is 12.3 Å². The third-order valence-electron chi connectivity index (χ3n) is 3.31. The molecule has 5 nitrogen and oxygen atoms in total. The minimum absolute atomic E-state index is 0.0820. The summed E-state index contributed by atoms with van der Waals surface area (Å²) in [5.74, 6) is 0.611. The maximum Gasteiger partial charge on any atom is 0.272 e. The molecule has 0 unspecified atom stereocenters. The molecule has 106 valence electrons. The van der Waals surface area contributed by atoms with Crippen LogP contribution < -0.4 is 4.74 Å². The van der Waals surface area contributed by atoms with E-state index < -0.39 is 4.92 Å². The number of benzene rings is 2. The van der Waals surface area contributed by atoms with Crippen molar-refractivity contribution in [1.82, 2.24) is 0 Å². The van der Waals surface area contributed by atoms with Gasteiger partial charge >= 0.3 is 0 Å². The molecule has 2 aromatic rings. The predicted molar refractivity (Wildman–Crippen MR) is 78.1 cm³/mol. The standard InChI is InChI=1S/C16H14N2O3/c1-11-6-7-13(9-17)8-16(11)21-10-14-4-3-5-15(12(14)2)18(19)20/h3-8H,10H2,1-2H3. The summed E-state index contributed by atoms with van der Waals surface area (Å²) in [6, 6.07) is 12.2. The predicted octanol–water partition coefficient (Wildman–Crippen LogP) is 3.66. The molecule has 0 atom stereocenters. The van der Waals surface area contributed by atoms with Crippen molar-refractivity contribution in [1.29, 1.82) is 5.26 Å². The molecular weight excluding hydrogens is 268 g/mol. The third-order valence-corrected chi connectivity index (χ3v) is 3.31. The Morgan fingerprint density at radius 2 is 2.05 bits per heavy atom. The summed E-state index contributed by atoms with van der Waals surface area (Å²) in [7, 11) is 0. The van der Waals surface area contributed by atoms with E-state index in [2.05, 4.69) is 6.07 Å². The lowest BCUT2D eigenvalue weighted by atomic mass is 10.1. The molecule has 0 aliphatic carbocycles. The van der Waals surface area contributed by atoms with Gasteiger partial charge in [-0.25, -0.2) is 0 Å². The maximum atomic E-state index is 10.9. The zero-order valence-electron chi connectivity index (χ0n) is 11.8. The molecule has 0 aliphatic rings. The van der Waals surface area contributed by atoms with Crippen molar-refractivity contribution >= 4 is 5.69 Å². The first kappa shape index (κ1) is 14.5. The summed E-state index contributed by atoms with van der Waals surface area (Å²) in [6.45, 7) is 3.81. The van der Waals surface area contributed by atoms with Gasteiger partial charge in [0.25, 0.3) is 5.69 Å². The van der Waals surface area contributed by atoms with E-state index >= 15 is 0 Å². The monoisotopic (exact) mass is 282 g/mol. The molecule has 0 saturated heterocycles. The summed E-state index contributed by atoms with van der Waals surface area (Å²) in [4.78, 5) is 10.5. The highest BCUT2D eigenvalue weighted by atomic mass is 16.6. The molecule has 0 heterocycles. The fourth-order valence-electron chi connectivity index (χ4n) is 2.00. The first-order valence-electron chi connectivity index (χ1n) is 6.39. The summed E-state index contributed by atoms with van der Waals surface area (Å²) in [5, 5.41) is 19.8. The largest absolute Gasteiger partial charge is 0.489 e. The highest BCUT2D eigenvalue weighted by molar-refractivity contribution is 5.45. The van der Waals surface area contributed by atoms with Crippen LogP contribution in [0.15, 0.2) is 36.4 Å². The summed E-state index contributed by atoms with van der Waals surface area (Å²) < 4.78 is 5.71. The van der Waals surface area contributed by atoms with E-state index in [1.54, 1.807) is 31.2 Å². The Labute approximate surface area is 122 Å². The molecule has 0 amide bonds. The molecule has 0 aliphatic heterocycles. The molecule has 0 N–H and O–H groups in total. The number of nitro benzene ring substituents is 1. The lowest BCUT2D eigenvalue weighted by Gasteiger charge is -2.11. The minimum atomic E-state index is -0.402. The Bertz CT molecular complexity index is 733. The van der Waals surface area contributed by atoms with E-state index in [0.717, 1.165) is 11.1 Å². The van der Waals surface area contributed by atoms with Crippen molar-refractivity contribution in [3.8, 4) is 11.8 Å². The zero-order chi connectivity index (χ0) is 15.4. The van der Waals surface area contributed by atoms with Crippen LogP contribution in [0, 0.1) is 35.3 Å². The normalized spacial score (nSPS) is 9.95. The van der Waals surface area contributed by atoms with Crippen LogP contribution in [0.25, 0.3) is 0 Å². The third kappa shape index (κ3) is 3.18. The molecule has 0 fully saturated rings. The number of hydrogen-bond donors (Lipinski definition) is 0. The van der Waals surface area contributed by atoms with E-state index in [1.807, 2.05) is 13.0 Å². The first-order valence-corrected chi connectivity index (χ1v) is 6.39. The molecule has 5 heteroatoms. The van der Waals surface area contributed by atoms with Crippen molar-refractivity contribution < 1.29 is 9.66 Å². The Morgan fingerprint density at radius 3 is 2.71 bits per heavy atom. The summed E-state index contributed by atoms with van der Waals surface area (Å²) >= 11 is 0. The molecule has 0 saturated carbocycles. The van der Waals surface area contributed by atoms with Crippen LogP contribution >= 0.6 is 0 Å². The topological polar surface area (TPSA) is 76.2 Å². The average Bonchev–Trinajstić information content (AvgIpc) is 2.47. The van der Waals surface area contributed by atoms with Gasteiger partial charge in [-0.05, 0) is 37.1 Å². The number of nitriles is 1. The number of rotatable bonds is 4. The van der Waals surface area contributed by atoms with Crippen molar-refractivity contribution in [2.45, 2.75) is 20.5 Å². The van der Waals surface area contributed by atoms with Gasteiger partial charge in [0.2, 0.25) is 0 Å². The van der Waals surface area contributed by atoms with E-state index in [9.17, 15) is 10.1 Å². The zero-order valence-corrected chi connectivity index (χ0v) is 11.8. The van der Waals surface area contributed by atoms with Crippen LogP contribution in [-0.2, 0) is 6.61 Å². The fourth-order valence-corrected chi connectivity index (χ4v) is 2.00. The minimum Gasteiger partial charge on any atom is -0.489 e. The Kier molecular flexibility index (Phi) is 4.19. The molecule has 0 radical (unpaired) electrons. The average molecular weight is 282 g/mol. The van der Waals surface area contributed by atoms with Gasteiger partial charge in [0.05, 0.1) is 16.6 Å². The van der Waals surface area contributed by atoms with Crippen LogP contribution in [0.3, 0.4) is 0 Å².